The predicted molar refractivity (Wildman–Crippen MR) is 101 cm³/mol. The lowest BCUT2D eigenvalue weighted by Crippen LogP contribution is -2.32. The first-order valence-electron chi connectivity index (χ1n) is 7.35. The Hall–Kier alpha value is -3.20. The number of rotatable bonds is 4. The van der Waals surface area contributed by atoms with Crippen LogP contribution in [0.15, 0.2) is 52.0 Å². The molecule has 134 valence electrons. The minimum absolute atomic E-state index is 0.0186. The Balaban J connectivity index is 1.91. The van der Waals surface area contributed by atoms with Crippen molar-refractivity contribution < 1.29 is 19.5 Å². The van der Waals surface area contributed by atoms with E-state index in [1.54, 1.807) is 36.4 Å². The maximum absolute atomic E-state index is 11.8. The van der Waals surface area contributed by atoms with Gasteiger partial charge in [-0.1, -0.05) is 15.9 Å². The highest BCUT2D eigenvalue weighted by molar-refractivity contribution is 9.10. The van der Waals surface area contributed by atoms with Gasteiger partial charge in [0.15, 0.2) is 0 Å². The Morgan fingerprint density at radius 3 is 2.23 bits per heavy atom. The molecular weight excluding hydrogens is 404 g/mol. The van der Waals surface area contributed by atoms with E-state index in [-0.39, 0.29) is 11.7 Å². The van der Waals surface area contributed by atoms with Gasteiger partial charge in [-0.15, -0.1) is 0 Å². The van der Waals surface area contributed by atoms with Gasteiger partial charge in [-0.2, -0.15) is 5.10 Å². The summed E-state index contributed by atoms with van der Waals surface area (Å²) in [6.45, 7) is 1.38. The van der Waals surface area contributed by atoms with Crippen LogP contribution in [-0.4, -0.2) is 29.0 Å². The highest BCUT2D eigenvalue weighted by atomic mass is 79.9. The quantitative estimate of drug-likeness (QED) is 0.345. The van der Waals surface area contributed by atoms with Crippen molar-refractivity contribution in [2.75, 3.05) is 10.6 Å². The molecular formula is C17H15BrN4O4. The van der Waals surface area contributed by atoms with Crippen LogP contribution in [-0.2, 0) is 14.4 Å². The Morgan fingerprint density at radius 1 is 1.00 bits per heavy atom. The summed E-state index contributed by atoms with van der Waals surface area (Å²) in [7, 11) is 0. The Morgan fingerprint density at radius 2 is 1.62 bits per heavy atom. The average molecular weight is 419 g/mol. The van der Waals surface area contributed by atoms with Crippen molar-refractivity contribution in [2.24, 2.45) is 5.10 Å². The number of hydrogen-bond acceptors (Lipinski definition) is 5. The summed E-state index contributed by atoms with van der Waals surface area (Å²) in [6.07, 6.45) is 1.22. The molecule has 0 atom stereocenters. The smallest absolute Gasteiger partial charge is 0.329 e. The summed E-state index contributed by atoms with van der Waals surface area (Å²) in [5.41, 5.74) is 3.39. The first-order chi connectivity index (χ1) is 12.3. The number of hydrazone groups is 1. The van der Waals surface area contributed by atoms with Gasteiger partial charge in [-0.25, -0.2) is 5.43 Å². The van der Waals surface area contributed by atoms with E-state index >= 15 is 0 Å². The van der Waals surface area contributed by atoms with Crippen molar-refractivity contribution in [3.8, 4) is 5.75 Å². The third-order valence-corrected chi connectivity index (χ3v) is 3.52. The van der Waals surface area contributed by atoms with Crippen LogP contribution < -0.4 is 16.1 Å². The standard InChI is InChI=1S/C17H15BrN4O4/c1-10(23)20-13-3-5-14(6-4-13)21-16(25)17(26)22-19-9-11-8-12(18)2-7-15(11)24/h2-9,24H,1H3,(H,20,23)(H,21,25)(H,22,26). The normalized spacial score (nSPS) is 10.4. The molecule has 3 amide bonds. The van der Waals surface area contributed by atoms with Gasteiger partial charge in [-0.3, -0.25) is 14.4 Å². The SMILES string of the molecule is CC(=O)Nc1ccc(NC(=O)C(=O)NN=Cc2cc(Br)ccc2O)cc1. The second kappa shape index (κ2) is 8.77. The maximum Gasteiger partial charge on any atom is 0.329 e. The monoisotopic (exact) mass is 418 g/mol. The first kappa shape index (κ1) is 19.1. The van der Waals surface area contributed by atoms with Gasteiger partial charge in [-0.05, 0) is 42.5 Å². The summed E-state index contributed by atoms with van der Waals surface area (Å²) in [5.74, 6) is -2.11. The number of phenolic OH excluding ortho intramolecular Hbond substituents is 1. The van der Waals surface area contributed by atoms with Gasteiger partial charge in [0.25, 0.3) is 0 Å². The van der Waals surface area contributed by atoms with Gasteiger partial charge in [0, 0.05) is 28.3 Å². The van der Waals surface area contributed by atoms with E-state index < -0.39 is 11.8 Å². The number of phenols is 1. The fraction of sp³-hybridized carbons (Fsp3) is 0.0588. The van der Waals surface area contributed by atoms with Gasteiger partial charge in [0.05, 0.1) is 6.21 Å². The number of halogens is 1. The van der Waals surface area contributed by atoms with Crippen LogP contribution in [0.5, 0.6) is 5.75 Å². The van der Waals surface area contributed by atoms with E-state index in [1.807, 2.05) is 0 Å². The molecule has 0 fully saturated rings. The van der Waals surface area contributed by atoms with E-state index in [2.05, 4.69) is 37.1 Å². The van der Waals surface area contributed by atoms with Crippen LogP contribution in [0.2, 0.25) is 0 Å². The van der Waals surface area contributed by atoms with Crippen LogP contribution in [0.25, 0.3) is 0 Å². The molecule has 0 unspecified atom stereocenters. The molecule has 4 N–H and O–H groups in total. The van der Waals surface area contributed by atoms with E-state index in [9.17, 15) is 19.5 Å². The van der Waals surface area contributed by atoms with Gasteiger partial charge < -0.3 is 15.7 Å². The van der Waals surface area contributed by atoms with Crippen molar-refractivity contribution in [3.05, 3.63) is 52.5 Å². The van der Waals surface area contributed by atoms with E-state index in [4.69, 9.17) is 0 Å². The van der Waals surface area contributed by atoms with Crippen LogP contribution in [0.1, 0.15) is 12.5 Å². The number of carbonyl (C=O) groups excluding carboxylic acids is 3. The minimum Gasteiger partial charge on any atom is -0.507 e. The number of nitrogens with one attached hydrogen (secondary N) is 3. The largest absolute Gasteiger partial charge is 0.507 e. The van der Waals surface area contributed by atoms with Crippen molar-refractivity contribution in [1.82, 2.24) is 5.43 Å². The molecule has 0 heterocycles. The topological polar surface area (TPSA) is 120 Å². The van der Waals surface area contributed by atoms with E-state index in [0.29, 0.717) is 16.9 Å². The predicted octanol–water partition coefficient (Wildman–Crippen LogP) is 2.20. The number of aromatic hydroxyl groups is 1. The maximum atomic E-state index is 11.8. The fourth-order valence-electron chi connectivity index (χ4n) is 1.87. The second-order valence-electron chi connectivity index (χ2n) is 5.11. The second-order valence-corrected chi connectivity index (χ2v) is 6.03. The zero-order valence-electron chi connectivity index (χ0n) is 13.6. The number of carbonyl (C=O) groups is 3. The number of amides is 3. The number of hydrogen-bond donors (Lipinski definition) is 4. The molecule has 0 saturated carbocycles. The molecule has 2 rings (SSSR count). The third-order valence-electron chi connectivity index (χ3n) is 3.03. The fourth-order valence-corrected chi connectivity index (χ4v) is 2.25. The molecule has 0 radical (unpaired) electrons. The molecule has 0 aliphatic heterocycles. The highest BCUT2D eigenvalue weighted by Gasteiger charge is 2.13. The molecule has 2 aromatic rings. The zero-order valence-corrected chi connectivity index (χ0v) is 15.2. The lowest BCUT2D eigenvalue weighted by Gasteiger charge is -2.06. The van der Waals surface area contributed by atoms with Crippen LogP contribution in [0, 0.1) is 0 Å². The summed E-state index contributed by atoms with van der Waals surface area (Å²) < 4.78 is 0.725. The van der Waals surface area contributed by atoms with Crippen LogP contribution >= 0.6 is 15.9 Å². The van der Waals surface area contributed by atoms with Gasteiger partial charge >= 0.3 is 11.8 Å². The van der Waals surface area contributed by atoms with Gasteiger partial charge in [0.1, 0.15) is 5.75 Å². The molecule has 8 nitrogen and oxygen atoms in total. The zero-order chi connectivity index (χ0) is 19.1. The molecule has 0 aliphatic rings. The summed E-state index contributed by atoms with van der Waals surface area (Å²) >= 11 is 3.25. The molecule has 0 aliphatic carbocycles. The summed E-state index contributed by atoms with van der Waals surface area (Å²) in [5, 5.41) is 18.3. The highest BCUT2D eigenvalue weighted by Crippen LogP contribution is 2.19. The van der Waals surface area contributed by atoms with Crippen LogP contribution in [0.3, 0.4) is 0 Å². The van der Waals surface area contributed by atoms with Gasteiger partial charge in [0.2, 0.25) is 5.91 Å². The molecule has 0 bridgehead atoms. The molecule has 9 heteroatoms. The molecule has 0 aromatic heterocycles. The van der Waals surface area contributed by atoms with Crippen LogP contribution in [0.4, 0.5) is 11.4 Å². The number of benzene rings is 2. The van der Waals surface area contributed by atoms with Crippen molar-refractivity contribution in [2.45, 2.75) is 6.92 Å². The molecule has 0 spiro atoms. The molecule has 26 heavy (non-hydrogen) atoms. The third kappa shape index (κ3) is 5.71. The first-order valence-corrected chi connectivity index (χ1v) is 8.15. The Bertz CT molecular complexity index is 866. The van der Waals surface area contributed by atoms with Crippen molar-refractivity contribution in [3.63, 3.8) is 0 Å². The summed E-state index contributed by atoms with van der Waals surface area (Å²) in [6, 6.07) is 11.0. The molecule has 0 saturated heterocycles. The summed E-state index contributed by atoms with van der Waals surface area (Å²) in [4.78, 5) is 34.5. The lowest BCUT2D eigenvalue weighted by atomic mass is 10.2. The number of anilines is 2. The van der Waals surface area contributed by atoms with Crippen molar-refractivity contribution in [1.29, 1.82) is 0 Å². The molecule has 2 aromatic carbocycles. The average Bonchev–Trinajstić information content (AvgIpc) is 2.59. The minimum atomic E-state index is -0.971. The Kier molecular flexibility index (Phi) is 6.45. The van der Waals surface area contributed by atoms with E-state index in [0.717, 1.165) is 4.47 Å². The lowest BCUT2D eigenvalue weighted by molar-refractivity contribution is -0.136. The number of nitrogens with zero attached hydrogens (tertiary/aromatic N) is 1. The van der Waals surface area contributed by atoms with E-state index in [1.165, 1.54) is 19.2 Å². The Labute approximate surface area is 157 Å². The van der Waals surface area contributed by atoms with Crippen molar-refractivity contribution >= 4 is 51.2 Å².